The number of ketones is 1. The Labute approximate surface area is 94.0 Å². The molecular weight excluding hydrogens is 267 g/mol. The Morgan fingerprint density at radius 2 is 1.93 bits per heavy atom. The first-order chi connectivity index (χ1) is 6.86. The predicted molar refractivity (Wildman–Crippen MR) is 55.5 cm³/mol. The summed E-state index contributed by atoms with van der Waals surface area (Å²) in [5.74, 6) is -3.34. The smallest absolute Gasteiger partial charge is 0.377 e. The maximum absolute atomic E-state index is 13.3. The number of carboxylic acids is 1. The predicted octanol–water partition coefficient (Wildman–Crippen LogP) is 2.47. The summed E-state index contributed by atoms with van der Waals surface area (Å²) in [4.78, 5) is 21.8. The molecule has 1 aromatic carbocycles. The molecule has 0 aliphatic rings. The molecule has 0 radical (unpaired) electrons. The number of halogens is 2. The van der Waals surface area contributed by atoms with Crippen molar-refractivity contribution in [1.29, 1.82) is 0 Å². The summed E-state index contributed by atoms with van der Waals surface area (Å²) in [5, 5.41) is 8.57. The Kier molecular flexibility index (Phi) is 3.24. The molecule has 0 aromatic heterocycles. The van der Waals surface area contributed by atoms with Crippen LogP contribution >= 0.6 is 15.9 Å². The van der Waals surface area contributed by atoms with Crippen LogP contribution in [0.5, 0.6) is 0 Å². The quantitative estimate of drug-likeness (QED) is 0.666. The van der Waals surface area contributed by atoms with E-state index in [1.165, 1.54) is 6.07 Å². The van der Waals surface area contributed by atoms with E-state index in [1.54, 1.807) is 13.8 Å². The molecule has 0 aliphatic carbocycles. The van der Waals surface area contributed by atoms with Crippen molar-refractivity contribution in [2.45, 2.75) is 13.8 Å². The number of rotatable bonds is 2. The lowest BCUT2D eigenvalue weighted by Gasteiger charge is -2.09. The second-order valence-corrected chi connectivity index (χ2v) is 3.92. The van der Waals surface area contributed by atoms with Gasteiger partial charge in [-0.1, -0.05) is 0 Å². The summed E-state index contributed by atoms with van der Waals surface area (Å²) in [6.07, 6.45) is 0. The Bertz CT molecular complexity index is 428. The third kappa shape index (κ3) is 2.07. The number of hydrogen-bond acceptors (Lipinski definition) is 2. The van der Waals surface area contributed by atoms with E-state index in [4.69, 9.17) is 5.11 Å². The standard InChI is InChI=1S/C10H8BrFO3/c1-4-3-6(12)8(11)7(5(4)2)9(13)10(14)15/h3H,1-2H3,(H,14,15). The van der Waals surface area contributed by atoms with Gasteiger partial charge in [0.25, 0.3) is 5.78 Å². The van der Waals surface area contributed by atoms with Crippen molar-refractivity contribution >= 4 is 27.7 Å². The molecule has 0 aliphatic heterocycles. The first-order valence-corrected chi connectivity index (χ1v) is 4.88. The summed E-state index contributed by atoms with van der Waals surface area (Å²) in [6, 6.07) is 1.25. The van der Waals surface area contributed by atoms with Crippen LogP contribution in [0.2, 0.25) is 0 Å². The second kappa shape index (κ2) is 4.10. The third-order valence-corrected chi connectivity index (χ3v) is 2.94. The first-order valence-electron chi connectivity index (χ1n) is 4.09. The van der Waals surface area contributed by atoms with Crippen molar-refractivity contribution in [2.75, 3.05) is 0 Å². The molecule has 0 saturated carbocycles. The van der Waals surface area contributed by atoms with Crippen LogP contribution in [0.15, 0.2) is 10.5 Å². The molecular formula is C10H8BrFO3. The van der Waals surface area contributed by atoms with Gasteiger partial charge in [0.15, 0.2) is 0 Å². The summed E-state index contributed by atoms with van der Waals surface area (Å²) in [6.45, 7) is 3.19. The van der Waals surface area contributed by atoms with Gasteiger partial charge in [0, 0.05) is 5.56 Å². The van der Waals surface area contributed by atoms with Gasteiger partial charge in [-0.05, 0) is 47.0 Å². The Morgan fingerprint density at radius 1 is 1.40 bits per heavy atom. The van der Waals surface area contributed by atoms with Crippen molar-refractivity contribution in [3.8, 4) is 0 Å². The zero-order valence-electron chi connectivity index (χ0n) is 8.10. The van der Waals surface area contributed by atoms with E-state index in [1.807, 2.05) is 0 Å². The lowest BCUT2D eigenvalue weighted by atomic mass is 10.00. The molecule has 80 valence electrons. The largest absolute Gasteiger partial charge is 0.475 e. The van der Waals surface area contributed by atoms with E-state index >= 15 is 0 Å². The minimum atomic E-state index is -1.59. The van der Waals surface area contributed by atoms with Crippen LogP contribution in [0.1, 0.15) is 21.5 Å². The van der Waals surface area contributed by atoms with Gasteiger partial charge in [-0.25, -0.2) is 9.18 Å². The SMILES string of the molecule is Cc1cc(F)c(Br)c(C(=O)C(=O)O)c1C. The summed E-state index contributed by atoms with van der Waals surface area (Å²) >= 11 is 2.87. The molecule has 0 amide bonds. The molecule has 0 unspecified atom stereocenters. The first kappa shape index (κ1) is 11.8. The topological polar surface area (TPSA) is 54.4 Å². The summed E-state index contributed by atoms with van der Waals surface area (Å²) in [7, 11) is 0. The Balaban J connectivity index is 3.53. The average Bonchev–Trinajstić information content (AvgIpc) is 2.15. The van der Waals surface area contributed by atoms with Crippen LogP contribution in [-0.2, 0) is 4.79 Å². The number of aryl methyl sites for hydroxylation is 1. The van der Waals surface area contributed by atoms with Crippen molar-refractivity contribution in [2.24, 2.45) is 0 Å². The highest BCUT2D eigenvalue weighted by atomic mass is 79.9. The van der Waals surface area contributed by atoms with Crippen molar-refractivity contribution in [1.82, 2.24) is 0 Å². The van der Waals surface area contributed by atoms with Gasteiger partial charge in [0.1, 0.15) is 5.82 Å². The second-order valence-electron chi connectivity index (χ2n) is 3.12. The van der Waals surface area contributed by atoms with E-state index in [-0.39, 0.29) is 10.0 Å². The fourth-order valence-corrected chi connectivity index (χ4v) is 1.81. The molecule has 1 N–H and O–H groups in total. The van der Waals surface area contributed by atoms with Crippen LogP contribution in [0.25, 0.3) is 0 Å². The maximum atomic E-state index is 13.3. The van der Waals surface area contributed by atoms with Gasteiger partial charge < -0.3 is 5.11 Å². The van der Waals surface area contributed by atoms with E-state index in [2.05, 4.69) is 15.9 Å². The van der Waals surface area contributed by atoms with Crippen LogP contribution < -0.4 is 0 Å². The molecule has 1 aromatic rings. The highest BCUT2D eigenvalue weighted by Gasteiger charge is 2.23. The van der Waals surface area contributed by atoms with E-state index < -0.39 is 17.6 Å². The third-order valence-electron chi connectivity index (χ3n) is 2.16. The van der Waals surface area contributed by atoms with Crippen LogP contribution in [-0.4, -0.2) is 16.9 Å². The Morgan fingerprint density at radius 3 is 2.40 bits per heavy atom. The zero-order chi connectivity index (χ0) is 11.7. The lowest BCUT2D eigenvalue weighted by molar-refractivity contribution is -0.131. The van der Waals surface area contributed by atoms with Crippen LogP contribution in [0, 0.1) is 19.7 Å². The molecule has 0 bridgehead atoms. The van der Waals surface area contributed by atoms with Gasteiger partial charge in [-0.15, -0.1) is 0 Å². The van der Waals surface area contributed by atoms with E-state index in [9.17, 15) is 14.0 Å². The number of hydrogen-bond donors (Lipinski definition) is 1. The fraction of sp³-hybridized carbons (Fsp3) is 0.200. The van der Waals surface area contributed by atoms with Crippen molar-refractivity contribution in [3.05, 3.63) is 33.0 Å². The number of carbonyl (C=O) groups excluding carboxylic acids is 1. The van der Waals surface area contributed by atoms with Gasteiger partial charge in [0.2, 0.25) is 0 Å². The molecule has 15 heavy (non-hydrogen) atoms. The van der Waals surface area contributed by atoms with Crippen LogP contribution in [0.3, 0.4) is 0 Å². The monoisotopic (exact) mass is 274 g/mol. The molecule has 0 heterocycles. The lowest BCUT2D eigenvalue weighted by Crippen LogP contribution is -2.16. The zero-order valence-corrected chi connectivity index (χ0v) is 9.68. The molecule has 0 atom stereocenters. The van der Waals surface area contributed by atoms with Gasteiger partial charge in [0.05, 0.1) is 4.47 Å². The highest BCUT2D eigenvalue weighted by molar-refractivity contribution is 9.10. The Hall–Kier alpha value is -1.23. The fourth-order valence-electron chi connectivity index (χ4n) is 1.22. The normalized spacial score (nSPS) is 10.1. The number of aliphatic carboxylic acids is 1. The van der Waals surface area contributed by atoms with Crippen LogP contribution in [0.4, 0.5) is 4.39 Å². The van der Waals surface area contributed by atoms with Gasteiger partial charge in [-0.2, -0.15) is 0 Å². The average molecular weight is 275 g/mol. The van der Waals surface area contributed by atoms with E-state index in [0.717, 1.165) is 0 Å². The number of Topliss-reactive ketones (excluding diaryl/α,β-unsaturated/α-hetero) is 1. The van der Waals surface area contributed by atoms with Crippen molar-refractivity contribution in [3.63, 3.8) is 0 Å². The molecule has 5 heteroatoms. The van der Waals surface area contributed by atoms with Crippen molar-refractivity contribution < 1.29 is 19.1 Å². The molecule has 0 saturated heterocycles. The molecule has 0 fully saturated rings. The number of carboxylic acid groups (broad SMARTS) is 1. The number of benzene rings is 1. The highest BCUT2D eigenvalue weighted by Crippen LogP contribution is 2.27. The van der Waals surface area contributed by atoms with Gasteiger partial charge >= 0.3 is 5.97 Å². The maximum Gasteiger partial charge on any atom is 0.377 e. The minimum absolute atomic E-state index is 0.0991. The number of carbonyl (C=O) groups is 2. The summed E-state index contributed by atoms with van der Waals surface area (Å²) in [5.41, 5.74) is 0.885. The summed E-state index contributed by atoms with van der Waals surface area (Å²) < 4.78 is 13.2. The minimum Gasteiger partial charge on any atom is -0.475 e. The van der Waals surface area contributed by atoms with E-state index in [0.29, 0.717) is 11.1 Å². The molecule has 3 nitrogen and oxygen atoms in total. The molecule has 0 spiro atoms. The molecule has 1 rings (SSSR count). The van der Waals surface area contributed by atoms with Gasteiger partial charge in [-0.3, -0.25) is 4.79 Å².